The third-order valence-corrected chi connectivity index (χ3v) is 2.26. The van der Waals surface area contributed by atoms with E-state index in [1.54, 1.807) is 4.68 Å². The third-order valence-electron chi connectivity index (χ3n) is 2.26. The molecule has 0 unspecified atom stereocenters. The molecule has 0 radical (unpaired) electrons. The van der Waals surface area contributed by atoms with Gasteiger partial charge in [0.15, 0.2) is 0 Å². The van der Waals surface area contributed by atoms with E-state index in [0.717, 1.165) is 24.7 Å². The molecular weight excluding hydrogens is 204 g/mol. The molecule has 0 aliphatic carbocycles. The Balaban J connectivity index is 2.32. The van der Waals surface area contributed by atoms with E-state index in [1.807, 2.05) is 14.0 Å². The van der Waals surface area contributed by atoms with Crippen molar-refractivity contribution in [2.75, 3.05) is 30.8 Å². The number of rotatable bonds is 6. The predicted molar refractivity (Wildman–Crippen MR) is 66.5 cm³/mol. The largest absolute Gasteiger partial charge is 0.394 e. The molecule has 5 nitrogen and oxygen atoms in total. The molecule has 0 saturated carbocycles. The molecule has 92 valence electrons. The lowest BCUT2D eigenvalue weighted by Gasteiger charge is -2.09. The average Bonchev–Trinajstić information content (AvgIpc) is 2.43. The van der Waals surface area contributed by atoms with Crippen LogP contribution in [-0.2, 0) is 11.8 Å². The Morgan fingerprint density at radius 3 is 2.69 bits per heavy atom. The Morgan fingerprint density at radius 1 is 1.50 bits per heavy atom. The van der Waals surface area contributed by atoms with Gasteiger partial charge in [0.2, 0.25) is 0 Å². The second kappa shape index (κ2) is 5.75. The van der Waals surface area contributed by atoms with Gasteiger partial charge in [0.25, 0.3) is 0 Å². The minimum absolute atomic E-state index is 0.573. The van der Waals surface area contributed by atoms with Crippen LogP contribution in [0.4, 0.5) is 11.5 Å². The summed E-state index contributed by atoms with van der Waals surface area (Å²) < 4.78 is 7.23. The molecule has 0 atom stereocenters. The highest BCUT2D eigenvalue weighted by molar-refractivity contribution is 5.64. The summed E-state index contributed by atoms with van der Waals surface area (Å²) in [7, 11) is 1.88. The van der Waals surface area contributed by atoms with Crippen LogP contribution in [0.3, 0.4) is 0 Å². The van der Waals surface area contributed by atoms with Gasteiger partial charge in [-0.3, -0.25) is 4.68 Å². The van der Waals surface area contributed by atoms with Gasteiger partial charge < -0.3 is 15.8 Å². The van der Waals surface area contributed by atoms with Crippen molar-refractivity contribution in [2.24, 2.45) is 13.0 Å². The summed E-state index contributed by atoms with van der Waals surface area (Å²) in [5.74, 6) is 1.44. The summed E-state index contributed by atoms with van der Waals surface area (Å²) in [6.07, 6.45) is 0. The number of nitrogens with zero attached hydrogens (tertiary/aromatic N) is 2. The van der Waals surface area contributed by atoms with Crippen LogP contribution in [0, 0.1) is 12.8 Å². The highest BCUT2D eigenvalue weighted by Gasteiger charge is 2.08. The minimum atomic E-state index is 0.573. The van der Waals surface area contributed by atoms with Crippen LogP contribution < -0.4 is 11.1 Å². The van der Waals surface area contributed by atoms with Gasteiger partial charge in [-0.2, -0.15) is 5.10 Å². The van der Waals surface area contributed by atoms with Crippen molar-refractivity contribution in [3.63, 3.8) is 0 Å². The summed E-state index contributed by atoms with van der Waals surface area (Å²) in [6, 6.07) is 0. The van der Waals surface area contributed by atoms with Crippen molar-refractivity contribution in [2.45, 2.75) is 20.8 Å². The first-order chi connectivity index (χ1) is 7.52. The van der Waals surface area contributed by atoms with Gasteiger partial charge in [-0.15, -0.1) is 0 Å². The zero-order valence-electron chi connectivity index (χ0n) is 10.6. The van der Waals surface area contributed by atoms with Gasteiger partial charge in [0.1, 0.15) is 5.82 Å². The predicted octanol–water partition coefficient (Wildman–Crippen LogP) is 1.40. The summed E-state index contributed by atoms with van der Waals surface area (Å²) in [5.41, 5.74) is 7.45. The lowest BCUT2D eigenvalue weighted by atomic mass is 10.2. The van der Waals surface area contributed by atoms with Crippen LogP contribution in [0.5, 0.6) is 0 Å². The zero-order chi connectivity index (χ0) is 12.1. The van der Waals surface area contributed by atoms with E-state index in [0.29, 0.717) is 18.2 Å². The maximum atomic E-state index is 5.88. The normalized spacial score (nSPS) is 11.1. The molecule has 0 bridgehead atoms. The number of hydrogen-bond donors (Lipinski definition) is 2. The molecule has 0 fully saturated rings. The van der Waals surface area contributed by atoms with Gasteiger partial charge in [0.05, 0.1) is 18.0 Å². The van der Waals surface area contributed by atoms with Crippen LogP contribution in [0.1, 0.15) is 19.5 Å². The van der Waals surface area contributed by atoms with Crippen LogP contribution in [0.25, 0.3) is 0 Å². The van der Waals surface area contributed by atoms with E-state index in [4.69, 9.17) is 10.5 Å². The standard InChI is InChI=1S/C11H22N4O/c1-8(2)7-16-6-5-13-11-10(12)9(3)14-15(11)4/h8,13H,5-7,12H2,1-4H3. The fraction of sp³-hybridized carbons (Fsp3) is 0.727. The highest BCUT2D eigenvalue weighted by atomic mass is 16.5. The Hall–Kier alpha value is -1.23. The van der Waals surface area contributed by atoms with E-state index < -0.39 is 0 Å². The molecular formula is C11H22N4O. The second-order valence-electron chi connectivity index (χ2n) is 4.37. The van der Waals surface area contributed by atoms with Crippen LogP contribution in [0.15, 0.2) is 0 Å². The van der Waals surface area contributed by atoms with Crippen molar-refractivity contribution in [3.8, 4) is 0 Å². The first kappa shape index (κ1) is 12.8. The Labute approximate surface area is 97.0 Å². The quantitative estimate of drug-likeness (QED) is 0.720. The molecule has 1 heterocycles. The molecule has 0 aromatic carbocycles. The van der Waals surface area contributed by atoms with Crippen LogP contribution in [-0.4, -0.2) is 29.5 Å². The van der Waals surface area contributed by atoms with Gasteiger partial charge >= 0.3 is 0 Å². The first-order valence-electron chi connectivity index (χ1n) is 5.63. The molecule has 5 heteroatoms. The van der Waals surface area contributed by atoms with E-state index in [1.165, 1.54) is 0 Å². The Morgan fingerprint density at radius 2 is 2.19 bits per heavy atom. The van der Waals surface area contributed by atoms with E-state index >= 15 is 0 Å². The number of nitrogens with one attached hydrogen (secondary N) is 1. The average molecular weight is 226 g/mol. The number of anilines is 2. The Kier molecular flexibility index (Phi) is 4.61. The first-order valence-corrected chi connectivity index (χ1v) is 5.63. The third kappa shape index (κ3) is 3.41. The molecule has 1 rings (SSSR count). The van der Waals surface area contributed by atoms with Crippen molar-refractivity contribution < 1.29 is 4.74 Å². The smallest absolute Gasteiger partial charge is 0.147 e. The van der Waals surface area contributed by atoms with E-state index in [9.17, 15) is 0 Å². The molecule has 0 saturated heterocycles. The van der Waals surface area contributed by atoms with Crippen molar-refractivity contribution in [1.29, 1.82) is 0 Å². The molecule has 1 aromatic rings. The fourth-order valence-corrected chi connectivity index (χ4v) is 1.44. The number of nitrogen functional groups attached to an aromatic ring is 1. The number of ether oxygens (including phenoxy) is 1. The van der Waals surface area contributed by atoms with E-state index in [2.05, 4.69) is 24.3 Å². The fourth-order valence-electron chi connectivity index (χ4n) is 1.44. The SMILES string of the molecule is Cc1nn(C)c(NCCOCC(C)C)c1N. The van der Waals surface area contributed by atoms with Gasteiger partial charge in [-0.25, -0.2) is 0 Å². The highest BCUT2D eigenvalue weighted by Crippen LogP contribution is 2.20. The summed E-state index contributed by atoms with van der Waals surface area (Å²) in [4.78, 5) is 0. The van der Waals surface area contributed by atoms with E-state index in [-0.39, 0.29) is 0 Å². The Bertz CT molecular complexity index is 333. The summed E-state index contributed by atoms with van der Waals surface area (Å²) >= 11 is 0. The summed E-state index contributed by atoms with van der Waals surface area (Å²) in [5, 5.41) is 7.45. The topological polar surface area (TPSA) is 65.1 Å². The lowest BCUT2D eigenvalue weighted by Crippen LogP contribution is -2.14. The molecule has 16 heavy (non-hydrogen) atoms. The molecule has 0 aliphatic rings. The number of nitrogens with two attached hydrogens (primary N) is 1. The van der Waals surface area contributed by atoms with Gasteiger partial charge in [-0.1, -0.05) is 13.8 Å². The zero-order valence-corrected chi connectivity index (χ0v) is 10.6. The maximum Gasteiger partial charge on any atom is 0.147 e. The minimum Gasteiger partial charge on any atom is -0.394 e. The van der Waals surface area contributed by atoms with Gasteiger partial charge in [0, 0.05) is 20.2 Å². The number of aromatic nitrogens is 2. The van der Waals surface area contributed by atoms with Crippen molar-refractivity contribution >= 4 is 11.5 Å². The number of hydrogen-bond acceptors (Lipinski definition) is 4. The lowest BCUT2D eigenvalue weighted by molar-refractivity contribution is 0.118. The molecule has 1 aromatic heterocycles. The van der Waals surface area contributed by atoms with Crippen LogP contribution in [0.2, 0.25) is 0 Å². The molecule has 3 N–H and O–H groups in total. The number of aryl methyl sites for hydroxylation is 2. The monoisotopic (exact) mass is 226 g/mol. The molecule has 0 aliphatic heterocycles. The second-order valence-corrected chi connectivity index (χ2v) is 4.37. The van der Waals surface area contributed by atoms with Gasteiger partial charge in [-0.05, 0) is 12.8 Å². The summed E-state index contributed by atoms with van der Waals surface area (Å²) in [6.45, 7) is 8.39. The molecule has 0 spiro atoms. The van der Waals surface area contributed by atoms with Crippen LogP contribution >= 0.6 is 0 Å². The van der Waals surface area contributed by atoms with Crippen molar-refractivity contribution in [3.05, 3.63) is 5.69 Å². The maximum absolute atomic E-state index is 5.88. The van der Waals surface area contributed by atoms with Crippen molar-refractivity contribution in [1.82, 2.24) is 9.78 Å². The molecule has 0 amide bonds.